The van der Waals surface area contributed by atoms with Crippen molar-refractivity contribution in [3.8, 4) is 28.3 Å². The Balaban J connectivity index is 1.23. The van der Waals surface area contributed by atoms with Gasteiger partial charge in [0.2, 0.25) is 0 Å². The third kappa shape index (κ3) is 4.52. The van der Waals surface area contributed by atoms with Crippen molar-refractivity contribution in [3.05, 3.63) is 84.6 Å². The van der Waals surface area contributed by atoms with Crippen LogP contribution in [-0.2, 0) is 13.6 Å². The first-order chi connectivity index (χ1) is 18.1. The topological polar surface area (TPSA) is 91.2 Å². The van der Waals surface area contributed by atoms with Crippen molar-refractivity contribution in [2.75, 3.05) is 31.1 Å². The summed E-state index contributed by atoms with van der Waals surface area (Å²) >= 11 is 0. The van der Waals surface area contributed by atoms with Crippen LogP contribution in [0.15, 0.2) is 67.5 Å². The van der Waals surface area contributed by atoms with Crippen molar-refractivity contribution in [1.29, 1.82) is 5.26 Å². The molecule has 0 aromatic carbocycles. The minimum atomic E-state index is -0.315. The fraction of sp³-hybridized carbons (Fsp3) is 0.222. The van der Waals surface area contributed by atoms with Crippen molar-refractivity contribution < 1.29 is 4.39 Å². The highest BCUT2D eigenvalue weighted by atomic mass is 19.1. The Morgan fingerprint density at radius 1 is 0.892 bits per heavy atom. The molecule has 1 aliphatic heterocycles. The molecule has 0 radical (unpaired) electrons. The van der Waals surface area contributed by atoms with E-state index in [2.05, 4.69) is 37.1 Å². The Morgan fingerprint density at radius 3 is 2.43 bits per heavy atom. The highest BCUT2D eigenvalue weighted by Crippen LogP contribution is 2.32. The molecule has 9 nitrogen and oxygen atoms in total. The lowest BCUT2D eigenvalue weighted by molar-refractivity contribution is 0.246. The van der Waals surface area contributed by atoms with Gasteiger partial charge in [-0.3, -0.25) is 14.6 Å². The second-order valence-corrected chi connectivity index (χ2v) is 9.14. The molecule has 0 bridgehead atoms. The molecule has 37 heavy (non-hydrogen) atoms. The van der Waals surface area contributed by atoms with E-state index in [0.29, 0.717) is 12.1 Å². The predicted octanol–water partition coefficient (Wildman–Crippen LogP) is 3.52. The van der Waals surface area contributed by atoms with Crippen LogP contribution in [-0.4, -0.2) is 60.4 Å². The second-order valence-electron chi connectivity index (χ2n) is 9.14. The minimum Gasteiger partial charge on any atom is -0.354 e. The van der Waals surface area contributed by atoms with E-state index in [0.717, 1.165) is 65.5 Å². The quantitative estimate of drug-likeness (QED) is 0.370. The standard InChI is InChI=1S/C27H24FN9/c1-34-16-22(14-32-34)20-10-25(27-21(11-29)13-33-37(27)17-20)19-2-5-26(31-12-19)36-8-6-35(7-9-36)18-24-4-3-23(28)15-30-24/h2-5,10,12-17H,6-9,18H2,1H3. The van der Waals surface area contributed by atoms with Gasteiger partial charge < -0.3 is 4.90 Å². The summed E-state index contributed by atoms with van der Waals surface area (Å²) in [7, 11) is 1.88. The van der Waals surface area contributed by atoms with Crippen molar-refractivity contribution in [1.82, 2.24) is 34.3 Å². The molecule has 5 aromatic heterocycles. The number of fused-ring (bicyclic) bond motifs is 1. The molecule has 0 spiro atoms. The van der Waals surface area contributed by atoms with E-state index < -0.39 is 0 Å². The largest absolute Gasteiger partial charge is 0.354 e. The zero-order valence-electron chi connectivity index (χ0n) is 20.3. The van der Waals surface area contributed by atoms with Gasteiger partial charge in [-0.05, 0) is 30.3 Å². The molecule has 0 unspecified atom stereocenters. The number of piperazine rings is 1. The van der Waals surface area contributed by atoms with Crippen molar-refractivity contribution >= 4 is 11.3 Å². The molecule has 0 atom stereocenters. The molecule has 184 valence electrons. The molecular formula is C27H24FN9. The van der Waals surface area contributed by atoms with Gasteiger partial charge in [0, 0.05) is 80.6 Å². The summed E-state index contributed by atoms with van der Waals surface area (Å²) in [6, 6.07) is 11.6. The third-order valence-corrected chi connectivity index (χ3v) is 6.70. The maximum atomic E-state index is 13.1. The number of aryl methyl sites for hydroxylation is 1. The number of nitrogens with zero attached hydrogens (tertiary/aromatic N) is 9. The number of aromatic nitrogens is 6. The zero-order chi connectivity index (χ0) is 25.4. The number of hydrogen-bond acceptors (Lipinski definition) is 7. The lowest BCUT2D eigenvalue weighted by Gasteiger charge is -2.35. The lowest BCUT2D eigenvalue weighted by Crippen LogP contribution is -2.46. The van der Waals surface area contributed by atoms with Crippen LogP contribution in [0, 0.1) is 17.1 Å². The van der Waals surface area contributed by atoms with Gasteiger partial charge in [0.05, 0.1) is 35.4 Å². The van der Waals surface area contributed by atoms with Crippen LogP contribution in [0.1, 0.15) is 11.3 Å². The third-order valence-electron chi connectivity index (χ3n) is 6.70. The van der Waals surface area contributed by atoms with Crippen LogP contribution in [0.3, 0.4) is 0 Å². The van der Waals surface area contributed by atoms with Crippen molar-refractivity contribution in [2.45, 2.75) is 6.54 Å². The summed E-state index contributed by atoms with van der Waals surface area (Å²) in [5, 5.41) is 18.4. The maximum absolute atomic E-state index is 13.1. The summed E-state index contributed by atoms with van der Waals surface area (Å²) in [6.07, 6.45) is 10.4. The van der Waals surface area contributed by atoms with E-state index in [1.54, 1.807) is 21.5 Å². The summed E-state index contributed by atoms with van der Waals surface area (Å²) in [5.41, 5.74) is 5.88. The molecule has 0 saturated carbocycles. The van der Waals surface area contributed by atoms with E-state index >= 15 is 0 Å². The number of pyridine rings is 3. The Morgan fingerprint density at radius 2 is 1.76 bits per heavy atom. The van der Waals surface area contributed by atoms with Crippen LogP contribution in [0.2, 0.25) is 0 Å². The summed E-state index contributed by atoms with van der Waals surface area (Å²) in [5.74, 6) is 0.599. The monoisotopic (exact) mass is 493 g/mol. The van der Waals surface area contributed by atoms with Gasteiger partial charge in [-0.15, -0.1) is 0 Å². The molecule has 1 aliphatic rings. The normalized spacial score (nSPS) is 14.2. The lowest BCUT2D eigenvalue weighted by atomic mass is 10.0. The van der Waals surface area contributed by atoms with Gasteiger partial charge in [0.25, 0.3) is 0 Å². The van der Waals surface area contributed by atoms with Gasteiger partial charge in [-0.2, -0.15) is 15.5 Å². The van der Waals surface area contributed by atoms with Gasteiger partial charge >= 0.3 is 0 Å². The molecule has 1 saturated heterocycles. The van der Waals surface area contributed by atoms with Gasteiger partial charge in [-0.25, -0.2) is 13.9 Å². The Labute approximate surface area is 213 Å². The molecule has 0 aliphatic carbocycles. The van der Waals surface area contributed by atoms with Gasteiger partial charge in [-0.1, -0.05) is 0 Å². The zero-order valence-corrected chi connectivity index (χ0v) is 20.3. The van der Waals surface area contributed by atoms with E-state index in [1.807, 2.05) is 44.0 Å². The van der Waals surface area contributed by atoms with Crippen LogP contribution in [0.25, 0.3) is 27.8 Å². The number of halogens is 1. The van der Waals surface area contributed by atoms with Gasteiger partial charge in [0.15, 0.2) is 0 Å². The molecule has 0 amide bonds. The average molecular weight is 494 g/mol. The highest BCUT2D eigenvalue weighted by molar-refractivity contribution is 5.87. The Kier molecular flexibility index (Phi) is 5.82. The van der Waals surface area contributed by atoms with E-state index in [4.69, 9.17) is 4.98 Å². The van der Waals surface area contributed by atoms with Crippen LogP contribution in [0.4, 0.5) is 10.2 Å². The predicted molar refractivity (Wildman–Crippen MR) is 137 cm³/mol. The van der Waals surface area contributed by atoms with E-state index in [9.17, 15) is 9.65 Å². The van der Waals surface area contributed by atoms with Crippen LogP contribution in [0.5, 0.6) is 0 Å². The first kappa shape index (κ1) is 22.8. The number of rotatable bonds is 5. The molecule has 1 fully saturated rings. The first-order valence-electron chi connectivity index (χ1n) is 12.0. The maximum Gasteiger partial charge on any atom is 0.141 e. The minimum absolute atomic E-state index is 0.315. The van der Waals surface area contributed by atoms with E-state index in [1.165, 1.54) is 12.3 Å². The SMILES string of the molecule is Cn1cc(-c2cc(-c3ccc(N4CCN(Cc5ccc(F)cn5)CC4)nc3)c3c(C#N)cnn3c2)cn1. The molecule has 6 heterocycles. The molecule has 0 N–H and O–H groups in total. The van der Waals surface area contributed by atoms with Crippen molar-refractivity contribution in [3.63, 3.8) is 0 Å². The molecule has 6 rings (SSSR count). The van der Waals surface area contributed by atoms with Crippen molar-refractivity contribution in [2.24, 2.45) is 7.05 Å². The van der Waals surface area contributed by atoms with E-state index in [-0.39, 0.29) is 5.82 Å². The number of nitriles is 1. The second kappa shape index (κ2) is 9.44. The Hall–Kier alpha value is -4.62. The summed E-state index contributed by atoms with van der Waals surface area (Å²) in [6.45, 7) is 4.14. The summed E-state index contributed by atoms with van der Waals surface area (Å²) in [4.78, 5) is 13.5. The highest BCUT2D eigenvalue weighted by Gasteiger charge is 2.20. The fourth-order valence-corrected chi connectivity index (χ4v) is 4.75. The van der Waals surface area contributed by atoms with Crippen LogP contribution >= 0.6 is 0 Å². The molecule has 5 aromatic rings. The fourth-order valence-electron chi connectivity index (χ4n) is 4.75. The number of hydrogen-bond donors (Lipinski definition) is 0. The molecular weight excluding hydrogens is 469 g/mol. The van der Waals surface area contributed by atoms with Crippen LogP contribution < -0.4 is 4.90 Å². The first-order valence-corrected chi connectivity index (χ1v) is 12.0. The molecule has 10 heteroatoms. The number of anilines is 1. The average Bonchev–Trinajstić information content (AvgIpc) is 3.56. The van der Waals surface area contributed by atoms with Gasteiger partial charge in [0.1, 0.15) is 17.7 Å². The Bertz CT molecular complexity index is 1590. The smallest absolute Gasteiger partial charge is 0.141 e. The summed E-state index contributed by atoms with van der Waals surface area (Å²) < 4.78 is 16.6.